The summed E-state index contributed by atoms with van der Waals surface area (Å²) >= 11 is 1.56. The van der Waals surface area contributed by atoms with Crippen LogP contribution in [0.15, 0.2) is 0 Å². The summed E-state index contributed by atoms with van der Waals surface area (Å²) < 4.78 is 0. The highest BCUT2D eigenvalue weighted by molar-refractivity contribution is 7.98. The largest absolute Gasteiger partial charge is 0.481 e. The van der Waals surface area contributed by atoms with Crippen molar-refractivity contribution in [1.82, 2.24) is 10.2 Å². The lowest BCUT2D eigenvalue weighted by molar-refractivity contribution is -0.153. The second-order valence-corrected chi connectivity index (χ2v) is 5.11. The van der Waals surface area contributed by atoms with Crippen LogP contribution in [-0.2, 0) is 9.59 Å². The van der Waals surface area contributed by atoms with E-state index >= 15 is 0 Å². The number of carbonyl (C=O) groups is 3. The van der Waals surface area contributed by atoms with E-state index in [0.29, 0.717) is 12.2 Å². The van der Waals surface area contributed by atoms with Gasteiger partial charge in [-0.3, -0.25) is 9.59 Å². The minimum atomic E-state index is -0.900. The second-order valence-electron chi connectivity index (χ2n) is 4.12. The molecule has 0 aromatic rings. The molecule has 1 rings (SSSR count). The maximum atomic E-state index is 12.0. The quantitative estimate of drug-likeness (QED) is 0.594. The monoisotopic (exact) mass is 275 g/mol. The molecule has 1 saturated heterocycles. The number of rotatable bonds is 6. The smallest absolute Gasteiger partial charge is 0.312 e. The fourth-order valence-electron chi connectivity index (χ4n) is 1.70. The van der Waals surface area contributed by atoms with Crippen molar-refractivity contribution in [2.24, 2.45) is 11.7 Å². The molecular weight excluding hydrogens is 258 g/mol. The maximum Gasteiger partial charge on any atom is 0.312 e. The predicted octanol–water partition coefficient (Wildman–Crippen LogP) is -0.681. The summed E-state index contributed by atoms with van der Waals surface area (Å²) in [7, 11) is 0. The first-order valence-corrected chi connectivity index (χ1v) is 6.91. The van der Waals surface area contributed by atoms with Crippen LogP contribution in [-0.4, -0.2) is 59.1 Å². The highest BCUT2D eigenvalue weighted by atomic mass is 32.2. The van der Waals surface area contributed by atoms with Crippen LogP contribution in [0.25, 0.3) is 0 Å². The lowest BCUT2D eigenvalue weighted by Gasteiger charge is -2.38. The van der Waals surface area contributed by atoms with Crippen LogP contribution in [0, 0.1) is 5.92 Å². The summed E-state index contributed by atoms with van der Waals surface area (Å²) in [6.45, 7) is 0.398. The van der Waals surface area contributed by atoms with Gasteiger partial charge in [0, 0.05) is 13.1 Å². The Bertz CT molecular complexity index is 344. The molecule has 0 saturated carbocycles. The molecule has 0 aliphatic carbocycles. The van der Waals surface area contributed by atoms with Gasteiger partial charge in [0.1, 0.15) is 6.04 Å². The lowest BCUT2D eigenvalue weighted by Crippen LogP contribution is -2.59. The van der Waals surface area contributed by atoms with Crippen molar-refractivity contribution in [2.75, 3.05) is 25.1 Å². The number of carboxylic acid groups (broad SMARTS) is 1. The fourth-order valence-corrected chi connectivity index (χ4v) is 2.17. The predicted molar refractivity (Wildman–Crippen MR) is 67.2 cm³/mol. The maximum absolute atomic E-state index is 12.0. The zero-order chi connectivity index (χ0) is 13.7. The zero-order valence-corrected chi connectivity index (χ0v) is 10.9. The molecule has 0 bridgehead atoms. The number of nitrogens with two attached hydrogens (primary N) is 1. The molecule has 1 aliphatic heterocycles. The van der Waals surface area contributed by atoms with E-state index in [1.165, 1.54) is 4.90 Å². The van der Waals surface area contributed by atoms with E-state index in [0.717, 1.165) is 0 Å². The Morgan fingerprint density at radius 2 is 2.11 bits per heavy atom. The molecule has 7 nitrogen and oxygen atoms in total. The van der Waals surface area contributed by atoms with Gasteiger partial charge in [0.2, 0.25) is 5.91 Å². The number of nitrogens with one attached hydrogen (secondary N) is 1. The first-order chi connectivity index (χ1) is 8.45. The van der Waals surface area contributed by atoms with Gasteiger partial charge in [-0.1, -0.05) is 0 Å². The molecule has 1 atom stereocenters. The van der Waals surface area contributed by atoms with Gasteiger partial charge in [0.15, 0.2) is 0 Å². The van der Waals surface area contributed by atoms with Crippen molar-refractivity contribution < 1.29 is 19.5 Å². The minimum absolute atomic E-state index is 0.199. The number of nitrogens with zero attached hydrogens (tertiary/aromatic N) is 1. The van der Waals surface area contributed by atoms with Gasteiger partial charge in [0.05, 0.1) is 5.92 Å². The van der Waals surface area contributed by atoms with Gasteiger partial charge in [-0.05, 0) is 18.4 Å². The first kappa shape index (κ1) is 14.6. The van der Waals surface area contributed by atoms with Crippen molar-refractivity contribution in [2.45, 2.75) is 12.5 Å². The van der Waals surface area contributed by atoms with Crippen molar-refractivity contribution >= 4 is 29.7 Å². The molecule has 1 unspecified atom stereocenters. The van der Waals surface area contributed by atoms with E-state index in [2.05, 4.69) is 5.32 Å². The fraction of sp³-hybridized carbons (Fsp3) is 0.700. The first-order valence-electron chi connectivity index (χ1n) is 5.52. The van der Waals surface area contributed by atoms with Gasteiger partial charge >= 0.3 is 12.0 Å². The average Bonchev–Trinajstić information content (AvgIpc) is 2.20. The number of aliphatic carboxylic acids is 1. The molecule has 0 radical (unpaired) electrons. The standard InChI is InChI=1S/C10H17N3O4S/c1-18-3-2-7(12-10(11)17)8(14)13-4-6(5-13)9(15)16/h6-7H,2-5H2,1H3,(H,15,16)(H3,11,12,17). The van der Waals surface area contributed by atoms with E-state index in [1.807, 2.05) is 6.26 Å². The van der Waals surface area contributed by atoms with Crippen LogP contribution in [0.1, 0.15) is 6.42 Å². The summed E-state index contributed by atoms with van der Waals surface area (Å²) in [5.41, 5.74) is 5.02. The van der Waals surface area contributed by atoms with Crippen LogP contribution in [0.2, 0.25) is 0 Å². The Kier molecular flexibility index (Phi) is 5.26. The molecule has 3 amide bonds. The molecule has 18 heavy (non-hydrogen) atoms. The molecule has 0 aromatic carbocycles. The third kappa shape index (κ3) is 3.80. The molecular formula is C10H17N3O4S. The van der Waals surface area contributed by atoms with Gasteiger partial charge < -0.3 is 21.1 Å². The number of thioether (sulfide) groups is 1. The molecule has 1 fully saturated rings. The van der Waals surface area contributed by atoms with E-state index in [9.17, 15) is 14.4 Å². The van der Waals surface area contributed by atoms with Crippen LogP contribution in [0.4, 0.5) is 4.79 Å². The van der Waals surface area contributed by atoms with E-state index in [4.69, 9.17) is 10.8 Å². The third-order valence-electron chi connectivity index (χ3n) is 2.77. The van der Waals surface area contributed by atoms with Crippen molar-refractivity contribution in [3.8, 4) is 0 Å². The summed E-state index contributed by atoms with van der Waals surface area (Å²) in [5, 5.41) is 11.1. The molecule has 8 heteroatoms. The van der Waals surface area contributed by atoms with Gasteiger partial charge in [0.25, 0.3) is 0 Å². The number of carbonyl (C=O) groups excluding carboxylic acids is 2. The molecule has 1 heterocycles. The van der Waals surface area contributed by atoms with Crippen molar-refractivity contribution in [3.63, 3.8) is 0 Å². The number of primary amides is 1. The van der Waals surface area contributed by atoms with Gasteiger partial charge in [-0.25, -0.2) is 4.79 Å². The Hall–Kier alpha value is -1.44. The van der Waals surface area contributed by atoms with Crippen LogP contribution < -0.4 is 11.1 Å². The van der Waals surface area contributed by atoms with Gasteiger partial charge in [-0.2, -0.15) is 11.8 Å². The minimum Gasteiger partial charge on any atom is -0.481 e. The van der Waals surface area contributed by atoms with Crippen molar-refractivity contribution in [1.29, 1.82) is 0 Å². The summed E-state index contributed by atoms with van der Waals surface area (Å²) in [6.07, 6.45) is 2.38. The third-order valence-corrected chi connectivity index (χ3v) is 3.41. The average molecular weight is 275 g/mol. The highest BCUT2D eigenvalue weighted by Crippen LogP contribution is 2.17. The second kappa shape index (κ2) is 6.48. The number of carboxylic acids is 1. The Morgan fingerprint density at radius 1 is 1.50 bits per heavy atom. The van der Waals surface area contributed by atoms with Gasteiger partial charge in [-0.15, -0.1) is 0 Å². The van der Waals surface area contributed by atoms with Crippen LogP contribution in [0.5, 0.6) is 0 Å². The molecule has 0 aromatic heterocycles. The summed E-state index contributed by atoms with van der Waals surface area (Å²) in [6, 6.07) is -1.41. The molecule has 4 N–H and O–H groups in total. The Morgan fingerprint density at radius 3 is 2.56 bits per heavy atom. The van der Waals surface area contributed by atoms with E-state index in [1.54, 1.807) is 11.8 Å². The number of hydrogen-bond acceptors (Lipinski definition) is 4. The molecule has 1 aliphatic rings. The van der Waals surface area contributed by atoms with Crippen LogP contribution in [0.3, 0.4) is 0 Å². The summed E-state index contributed by atoms with van der Waals surface area (Å²) in [5.74, 6) is -0.945. The number of amides is 3. The van der Waals surface area contributed by atoms with E-state index in [-0.39, 0.29) is 19.0 Å². The number of hydrogen-bond donors (Lipinski definition) is 3. The lowest BCUT2D eigenvalue weighted by atomic mass is 9.99. The Labute approximate surface area is 109 Å². The SMILES string of the molecule is CSCCC(NC(N)=O)C(=O)N1CC(C(=O)O)C1. The van der Waals surface area contributed by atoms with Crippen LogP contribution >= 0.6 is 11.8 Å². The number of likely N-dealkylation sites (tertiary alicyclic amines) is 1. The number of urea groups is 1. The summed E-state index contributed by atoms with van der Waals surface area (Å²) in [4.78, 5) is 34.9. The normalized spacial score (nSPS) is 16.8. The highest BCUT2D eigenvalue weighted by Gasteiger charge is 2.38. The molecule has 0 spiro atoms. The zero-order valence-electron chi connectivity index (χ0n) is 10.1. The van der Waals surface area contributed by atoms with E-state index < -0.39 is 24.0 Å². The Balaban J connectivity index is 2.49. The molecule has 102 valence electrons. The van der Waals surface area contributed by atoms with Crippen molar-refractivity contribution in [3.05, 3.63) is 0 Å². The topological polar surface area (TPSA) is 113 Å².